The molecule has 8 nitrogen and oxygen atoms in total. The third kappa shape index (κ3) is 2.82. The monoisotopic (exact) mass is 329 g/mol. The molecule has 2 aromatic rings. The molecule has 0 aliphatic carbocycles. The molecule has 1 N–H and O–H groups in total. The molecule has 4 rings (SSSR count). The number of amides is 1. The number of hydrogen-bond donors (Lipinski definition) is 1. The van der Waals surface area contributed by atoms with E-state index in [1.807, 2.05) is 18.1 Å². The van der Waals surface area contributed by atoms with E-state index in [4.69, 9.17) is 0 Å². The second kappa shape index (κ2) is 6.35. The normalized spacial score (nSPS) is 21.6. The van der Waals surface area contributed by atoms with Crippen LogP contribution in [0.3, 0.4) is 0 Å². The molecule has 2 aromatic heterocycles. The topological polar surface area (TPSA) is 79.2 Å². The molecule has 1 amide bonds. The van der Waals surface area contributed by atoms with Crippen LogP contribution < -0.4 is 10.2 Å². The van der Waals surface area contributed by atoms with E-state index in [0.717, 1.165) is 56.0 Å². The molecule has 0 radical (unpaired) electrons. The van der Waals surface area contributed by atoms with E-state index in [-0.39, 0.29) is 5.91 Å². The number of anilines is 1. The molecule has 1 unspecified atom stereocenters. The standard InChI is InChI=1S/C16H23N7O/c1-21-15-13(10-20-21)16(19-11-18-15)23-7-5-22(6-8-23)14(24)9-12-3-2-4-17-12/h10-12,17H,2-9H2,1H3. The molecule has 24 heavy (non-hydrogen) atoms. The van der Waals surface area contributed by atoms with Crippen LogP contribution in [0.5, 0.6) is 0 Å². The third-order valence-corrected chi connectivity index (χ3v) is 5.02. The average Bonchev–Trinajstić information content (AvgIpc) is 3.25. The number of aromatic nitrogens is 4. The van der Waals surface area contributed by atoms with Crippen molar-refractivity contribution in [3.8, 4) is 0 Å². The Morgan fingerprint density at radius 3 is 2.88 bits per heavy atom. The Morgan fingerprint density at radius 2 is 2.12 bits per heavy atom. The lowest BCUT2D eigenvalue weighted by atomic mass is 10.1. The van der Waals surface area contributed by atoms with Gasteiger partial charge in [-0.15, -0.1) is 0 Å². The lowest BCUT2D eigenvalue weighted by Crippen LogP contribution is -2.50. The molecule has 2 aliphatic heterocycles. The summed E-state index contributed by atoms with van der Waals surface area (Å²) in [6.07, 6.45) is 6.32. The zero-order chi connectivity index (χ0) is 16.5. The fourth-order valence-electron chi connectivity index (χ4n) is 3.64. The Morgan fingerprint density at radius 1 is 1.29 bits per heavy atom. The van der Waals surface area contributed by atoms with Gasteiger partial charge in [-0.25, -0.2) is 9.97 Å². The second-order valence-corrected chi connectivity index (χ2v) is 6.57. The van der Waals surface area contributed by atoms with Crippen LogP contribution in [0.1, 0.15) is 19.3 Å². The van der Waals surface area contributed by atoms with Crippen molar-refractivity contribution in [2.45, 2.75) is 25.3 Å². The van der Waals surface area contributed by atoms with Crippen LogP contribution in [0, 0.1) is 0 Å². The molecule has 0 spiro atoms. The van der Waals surface area contributed by atoms with Crippen molar-refractivity contribution in [1.29, 1.82) is 0 Å². The quantitative estimate of drug-likeness (QED) is 0.864. The number of carbonyl (C=O) groups is 1. The Bertz CT molecular complexity index is 729. The van der Waals surface area contributed by atoms with Gasteiger partial charge in [0.1, 0.15) is 12.1 Å². The number of piperazine rings is 1. The summed E-state index contributed by atoms with van der Waals surface area (Å²) < 4.78 is 1.76. The van der Waals surface area contributed by atoms with Crippen molar-refractivity contribution in [1.82, 2.24) is 30.0 Å². The second-order valence-electron chi connectivity index (χ2n) is 6.57. The molecule has 4 heterocycles. The highest BCUT2D eigenvalue weighted by Gasteiger charge is 2.26. The van der Waals surface area contributed by atoms with Crippen LogP contribution in [0.15, 0.2) is 12.5 Å². The number of carbonyl (C=O) groups excluding carboxylic acids is 1. The number of rotatable bonds is 3. The van der Waals surface area contributed by atoms with Crippen LogP contribution in [0.2, 0.25) is 0 Å². The fraction of sp³-hybridized carbons (Fsp3) is 0.625. The highest BCUT2D eigenvalue weighted by atomic mass is 16.2. The van der Waals surface area contributed by atoms with E-state index >= 15 is 0 Å². The lowest BCUT2D eigenvalue weighted by Gasteiger charge is -2.36. The first kappa shape index (κ1) is 15.3. The highest BCUT2D eigenvalue weighted by molar-refractivity contribution is 5.86. The number of hydrogen-bond acceptors (Lipinski definition) is 6. The van der Waals surface area contributed by atoms with Gasteiger partial charge < -0.3 is 15.1 Å². The van der Waals surface area contributed by atoms with Gasteiger partial charge in [0.15, 0.2) is 5.65 Å². The number of nitrogens with one attached hydrogen (secondary N) is 1. The van der Waals surface area contributed by atoms with Gasteiger partial charge in [-0.1, -0.05) is 0 Å². The summed E-state index contributed by atoms with van der Waals surface area (Å²) in [6.45, 7) is 4.13. The molecule has 2 saturated heterocycles. The SMILES string of the molecule is Cn1ncc2c(N3CCN(C(=O)CC4CCCN4)CC3)ncnc21. The zero-order valence-electron chi connectivity index (χ0n) is 14.0. The van der Waals surface area contributed by atoms with E-state index in [9.17, 15) is 4.79 Å². The molecule has 8 heteroatoms. The van der Waals surface area contributed by atoms with E-state index in [1.54, 1.807) is 11.0 Å². The average molecular weight is 329 g/mol. The van der Waals surface area contributed by atoms with Gasteiger partial charge in [0.25, 0.3) is 0 Å². The molecule has 1 atom stereocenters. The fourth-order valence-corrected chi connectivity index (χ4v) is 3.64. The summed E-state index contributed by atoms with van der Waals surface area (Å²) in [5.74, 6) is 1.18. The minimum Gasteiger partial charge on any atom is -0.352 e. The smallest absolute Gasteiger partial charge is 0.224 e. The molecule has 0 bridgehead atoms. The van der Waals surface area contributed by atoms with Crippen molar-refractivity contribution in [2.75, 3.05) is 37.6 Å². The lowest BCUT2D eigenvalue weighted by molar-refractivity contribution is -0.131. The molecule has 128 valence electrons. The van der Waals surface area contributed by atoms with E-state index < -0.39 is 0 Å². The van der Waals surface area contributed by atoms with Crippen LogP contribution in [-0.2, 0) is 11.8 Å². The van der Waals surface area contributed by atoms with Gasteiger partial charge in [0, 0.05) is 45.7 Å². The van der Waals surface area contributed by atoms with Crippen LogP contribution in [-0.4, -0.2) is 69.3 Å². The van der Waals surface area contributed by atoms with Gasteiger partial charge in [-0.3, -0.25) is 9.48 Å². The van der Waals surface area contributed by atoms with Crippen molar-refractivity contribution in [3.63, 3.8) is 0 Å². The van der Waals surface area contributed by atoms with Crippen LogP contribution >= 0.6 is 0 Å². The molecule has 0 saturated carbocycles. The Hall–Kier alpha value is -2.22. The third-order valence-electron chi connectivity index (χ3n) is 5.02. The van der Waals surface area contributed by atoms with Gasteiger partial charge in [0.05, 0.1) is 11.6 Å². The minimum absolute atomic E-state index is 0.267. The predicted molar refractivity (Wildman–Crippen MR) is 90.7 cm³/mol. The number of aryl methyl sites for hydroxylation is 1. The van der Waals surface area contributed by atoms with E-state index in [1.165, 1.54) is 6.42 Å². The largest absolute Gasteiger partial charge is 0.352 e. The zero-order valence-corrected chi connectivity index (χ0v) is 14.0. The summed E-state index contributed by atoms with van der Waals surface area (Å²) in [6, 6.07) is 0.368. The molecular formula is C16H23N7O. The number of fused-ring (bicyclic) bond motifs is 1. The molecular weight excluding hydrogens is 306 g/mol. The van der Waals surface area contributed by atoms with Crippen LogP contribution in [0.25, 0.3) is 11.0 Å². The predicted octanol–water partition coefficient (Wildman–Crippen LogP) is 0.154. The maximum atomic E-state index is 12.4. The minimum atomic E-state index is 0.267. The molecule has 0 aromatic carbocycles. The number of nitrogens with zero attached hydrogens (tertiary/aromatic N) is 6. The van der Waals surface area contributed by atoms with Crippen molar-refractivity contribution in [2.24, 2.45) is 7.05 Å². The Kier molecular flexibility index (Phi) is 4.05. The van der Waals surface area contributed by atoms with E-state index in [2.05, 4.69) is 25.3 Å². The van der Waals surface area contributed by atoms with Gasteiger partial charge in [-0.2, -0.15) is 5.10 Å². The van der Waals surface area contributed by atoms with Gasteiger partial charge >= 0.3 is 0 Å². The summed E-state index contributed by atoms with van der Waals surface area (Å²) in [4.78, 5) is 25.4. The molecule has 2 fully saturated rings. The Labute approximate surface area is 140 Å². The van der Waals surface area contributed by atoms with Crippen molar-refractivity contribution in [3.05, 3.63) is 12.5 Å². The highest BCUT2D eigenvalue weighted by Crippen LogP contribution is 2.23. The first-order chi connectivity index (χ1) is 11.7. The van der Waals surface area contributed by atoms with Crippen molar-refractivity contribution >= 4 is 22.8 Å². The van der Waals surface area contributed by atoms with Gasteiger partial charge in [-0.05, 0) is 19.4 Å². The maximum absolute atomic E-state index is 12.4. The first-order valence-corrected chi connectivity index (χ1v) is 8.61. The molecule has 2 aliphatic rings. The summed E-state index contributed by atoms with van der Waals surface area (Å²) in [5, 5.41) is 8.63. The Balaban J connectivity index is 1.41. The van der Waals surface area contributed by atoms with E-state index in [0.29, 0.717) is 12.5 Å². The summed E-state index contributed by atoms with van der Waals surface area (Å²) in [7, 11) is 1.88. The van der Waals surface area contributed by atoms with Crippen LogP contribution in [0.4, 0.5) is 5.82 Å². The van der Waals surface area contributed by atoms with Gasteiger partial charge in [0.2, 0.25) is 5.91 Å². The first-order valence-electron chi connectivity index (χ1n) is 8.61. The summed E-state index contributed by atoms with van der Waals surface area (Å²) in [5.41, 5.74) is 0.839. The van der Waals surface area contributed by atoms with Crippen molar-refractivity contribution < 1.29 is 4.79 Å². The maximum Gasteiger partial charge on any atom is 0.224 e. The summed E-state index contributed by atoms with van der Waals surface area (Å²) >= 11 is 0.